The van der Waals surface area contributed by atoms with Crippen molar-refractivity contribution in [1.29, 1.82) is 0 Å². The third-order valence-electron chi connectivity index (χ3n) is 4.14. The van der Waals surface area contributed by atoms with Crippen LogP contribution in [0.25, 0.3) is 21.7 Å². The van der Waals surface area contributed by atoms with E-state index in [4.69, 9.17) is 4.74 Å². The summed E-state index contributed by atoms with van der Waals surface area (Å²) >= 11 is 0. The number of aromatic nitrogens is 1. The fourth-order valence-corrected chi connectivity index (χ4v) is 2.82. The van der Waals surface area contributed by atoms with Crippen LogP contribution >= 0.6 is 0 Å². The number of carbonyl (C=O) groups excluding carboxylic acids is 1. The molecule has 0 aliphatic rings. The average Bonchev–Trinajstić information content (AvgIpc) is 2.65. The van der Waals surface area contributed by atoms with Crippen LogP contribution in [0.1, 0.15) is 10.4 Å². The molecule has 0 fully saturated rings. The van der Waals surface area contributed by atoms with E-state index in [1.165, 1.54) is 6.07 Å². The van der Waals surface area contributed by atoms with Crippen molar-refractivity contribution in [3.63, 3.8) is 0 Å². The van der Waals surface area contributed by atoms with E-state index >= 15 is 0 Å². The fraction of sp³-hybridized carbons (Fsp3) is 0.0476. The number of rotatable bonds is 4. The zero-order chi connectivity index (χ0) is 17.2. The standard InChI is InChI=1S/C21H15NO3/c23-20(17-6-5-14-3-1-2-4-15(14)11-17)13-25-18-8-9-19-16(12-18)7-10-21(24)22-19/h1-12H,13H2,(H,22,24). The Kier molecular flexibility index (Phi) is 3.78. The molecule has 4 heteroatoms. The van der Waals surface area contributed by atoms with E-state index in [1.807, 2.05) is 42.5 Å². The maximum atomic E-state index is 12.4. The Morgan fingerprint density at radius 1 is 0.840 bits per heavy atom. The summed E-state index contributed by atoms with van der Waals surface area (Å²) in [6, 6.07) is 22.1. The molecule has 0 amide bonds. The first-order chi connectivity index (χ1) is 12.2. The summed E-state index contributed by atoms with van der Waals surface area (Å²) in [7, 11) is 0. The van der Waals surface area contributed by atoms with Crippen LogP contribution < -0.4 is 10.3 Å². The maximum absolute atomic E-state index is 12.4. The van der Waals surface area contributed by atoms with Gasteiger partial charge in [-0.3, -0.25) is 9.59 Å². The van der Waals surface area contributed by atoms with Gasteiger partial charge in [-0.2, -0.15) is 0 Å². The minimum absolute atomic E-state index is 0.0345. The molecule has 0 spiro atoms. The first-order valence-corrected chi connectivity index (χ1v) is 7.97. The third kappa shape index (κ3) is 3.15. The molecule has 0 radical (unpaired) electrons. The summed E-state index contributed by atoms with van der Waals surface area (Å²) in [5.74, 6) is 0.515. The molecule has 1 N–H and O–H groups in total. The van der Waals surface area contributed by atoms with Gasteiger partial charge >= 0.3 is 0 Å². The van der Waals surface area contributed by atoms with Crippen LogP contribution in [0, 0.1) is 0 Å². The van der Waals surface area contributed by atoms with E-state index in [0.717, 1.165) is 21.7 Å². The molecule has 0 atom stereocenters. The monoisotopic (exact) mass is 329 g/mol. The molecule has 0 saturated heterocycles. The lowest BCUT2D eigenvalue weighted by atomic mass is 10.0. The van der Waals surface area contributed by atoms with Crippen molar-refractivity contribution in [2.75, 3.05) is 6.61 Å². The van der Waals surface area contributed by atoms with Gasteiger partial charge in [0.15, 0.2) is 12.4 Å². The van der Waals surface area contributed by atoms with E-state index in [9.17, 15) is 9.59 Å². The molecule has 1 aromatic heterocycles. The van der Waals surface area contributed by atoms with Crippen molar-refractivity contribution in [3.05, 3.63) is 88.7 Å². The molecule has 4 rings (SSSR count). The Labute approximate surface area is 143 Å². The molecule has 1 heterocycles. The molecule has 0 aliphatic carbocycles. The molecular formula is C21H15NO3. The minimum Gasteiger partial charge on any atom is -0.485 e. The molecule has 0 unspecified atom stereocenters. The zero-order valence-corrected chi connectivity index (χ0v) is 13.4. The van der Waals surface area contributed by atoms with Crippen LogP contribution in [-0.4, -0.2) is 17.4 Å². The van der Waals surface area contributed by atoms with Crippen LogP contribution in [0.5, 0.6) is 5.75 Å². The van der Waals surface area contributed by atoms with Crippen molar-refractivity contribution in [2.45, 2.75) is 0 Å². The normalized spacial score (nSPS) is 10.9. The van der Waals surface area contributed by atoms with Crippen molar-refractivity contribution in [3.8, 4) is 5.75 Å². The number of Topliss-reactive ketones (excluding diaryl/α,β-unsaturated/α-hetero) is 1. The van der Waals surface area contributed by atoms with Gasteiger partial charge in [0.2, 0.25) is 5.56 Å². The molecular weight excluding hydrogens is 314 g/mol. The van der Waals surface area contributed by atoms with Gasteiger partial charge in [-0.05, 0) is 41.1 Å². The van der Waals surface area contributed by atoms with Crippen molar-refractivity contribution in [1.82, 2.24) is 4.98 Å². The second-order valence-electron chi connectivity index (χ2n) is 5.85. The van der Waals surface area contributed by atoms with Gasteiger partial charge in [0.25, 0.3) is 0 Å². The molecule has 0 saturated carbocycles. The topological polar surface area (TPSA) is 59.2 Å². The average molecular weight is 329 g/mol. The van der Waals surface area contributed by atoms with Crippen molar-refractivity contribution in [2.24, 2.45) is 0 Å². The van der Waals surface area contributed by atoms with Gasteiger partial charge in [-0.25, -0.2) is 0 Å². The Morgan fingerprint density at radius 3 is 2.52 bits per heavy atom. The molecule has 3 aromatic carbocycles. The van der Waals surface area contributed by atoms with E-state index in [-0.39, 0.29) is 17.9 Å². The minimum atomic E-state index is -0.146. The lowest BCUT2D eigenvalue weighted by molar-refractivity contribution is 0.0922. The van der Waals surface area contributed by atoms with Crippen LogP contribution in [0.2, 0.25) is 0 Å². The van der Waals surface area contributed by atoms with E-state index in [2.05, 4.69) is 4.98 Å². The highest BCUT2D eigenvalue weighted by Crippen LogP contribution is 2.19. The Balaban J connectivity index is 1.52. The van der Waals surface area contributed by atoms with Gasteiger partial charge in [0.1, 0.15) is 5.75 Å². The predicted molar refractivity (Wildman–Crippen MR) is 98.3 cm³/mol. The number of hydrogen-bond acceptors (Lipinski definition) is 3. The molecule has 4 aromatic rings. The molecule has 25 heavy (non-hydrogen) atoms. The first kappa shape index (κ1) is 15.1. The second kappa shape index (κ2) is 6.24. The number of nitrogens with one attached hydrogen (secondary N) is 1. The molecule has 122 valence electrons. The highest BCUT2D eigenvalue weighted by molar-refractivity contribution is 6.00. The van der Waals surface area contributed by atoms with Gasteiger partial charge in [-0.1, -0.05) is 36.4 Å². The first-order valence-electron chi connectivity index (χ1n) is 7.97. The lowest BCUT2D eigenvalue weighted by Crippen LogP contribution is -2.11. The molecule has 0 bridgehead atoms. The van der Waals surface area contributed by atoms with Crippen molar-refractivity contribution >= 4 is 27.5 Å². The quantitative estimate of drug-likeness (QED) is 0.577. The fourth-order valence-electron chi connectivity index (χ4n) is 2.82. The number of pyridine rings is 1. The Hall–Kier alpha value is -3.40. The number of hydrogen-bond donors (Lipinski definition) is 1. The van der Waals surface area contributed by atoms with Crippen LogP contribution in [0.3, 0.4) is 0 Å². The summed E-state index contributed by atoms with van der Waals surface area (Å²) in [6.07, 6.45) is 0. The highest BCUT2D eigenvalue weighted by atomic mass is 16.5. The molecule has 0 aliphatic heterocycles. The van der Waals surface area contributed by atoms with Gasteiger partial charge in [0.05, 0.1) is 0 Å². The van der Waals surface area contributed by atoms with Crippen molar-refractivity contribution < 1.29 is 9.53 Å². The maximum Gasteiger partial charge on any atom is 0.248 e. The van der Waals surface area contributed by atoms with Crippen LogP contribution in [0.15, 0.2) is 77.6 Å². The lowest BCUT2D eigenvalue weighted by Gasteiger charge is -2.07. The van der Waals surface area contributed by atoms with E-state index in [0.29, 0.717) is 11.3 Å². The summed E-state index contributed by atoms with van der Waals surface area (Å²) < 4.78 is 5.63. The van der Waals surface area contributed by atoms with Gasteiger partial charge in [-0.15, -0.1) is 0 Å². The Bertz CT molecular complexity index is 1140. The van der Waals surface area contributed by atoms with Crippen LogP contribution in [-0.2, 0) is 0 Å². The second-order valence-corrected chi connectivity index (χ2v) is 5.85. The molecule has 4 nitrogen and oxygen atoms in total. The zero-order valence-electron chi connectivity index (χ0n) is 13.4. The number of carbonyl (C=O) groups is 1. The summed E-state index contributed by atoms with van der Waals surface area (Å²) in [5, 5.41) is 2.99. The van der Waals surface area contributed by atoms with Crippen LogP contribution in [0.4, 0.5) is 0 Å². The van der Waals surface area contributed by atoms with E-state index in [1.54, 1.807) is 24.3 Å². The summed E-state index contributed by atoms with van der Waals surface area (Å²) in [6.45, 7) is -0.0345. The smallest absolute Gasteiger partial charge is 0.248 e. The Morgan fingerprint density at radius 2 is 1.64 bits per heavy atom. The predicted octanol–water partition coefficient (Wildman–Crippen LogP) is 3.94. The summed E-state index contributed by atoms with van der Waals surface area (Å²) in [4.78, 5) is 26.4. The number of fused-ring (bicyclic) bond motifs is 2. The summed E-state index contributed by atoms with van der Waals surface area (Å²) in [5.41, 5.74) is 1.22. The number of aromatic amines is 1. The number of ketones is 1. The number of ether oxygens (including phenoxy) is 1. The highest BCUT2D eigenvalue weighted by Gasteiger charge is 2.08. The van der Waals surface area contributed by atoms with Gasteiger partial charge < -0.3 is 9.72 Å². The van der Waals surface area contributed by atoms with E-state index < -0.39 is 0 Å². The third-order valence-corrected chi connectivity index (χ3v) is 4.14. The largest absolute Gasteiger partial charge is 0.485 e. The number of H-pyrrole nitrogens is 1. The SMILES string of the molecule is O=C(COc1ccc2[nH]c(=O)ccc2c1)c1ccc2ccccc2c1. The number of benzene rings is 3. The van der Waals surface area contributed by atoms with Gasteiger partial charge in [0, 0.05) is 22.5 Å².